The third kappa shape index (κ3) is 8.60. The summed E-state index contributed by atoms with van der Waals surface area (Å²) in [6, 6.07) is 91.5. The molecule has 15 rings (SSSR count). The van der Waals surface area contributed by atoms with Gasteiger partial charge in [0.1, 0.15) is 0 Å². The van der Waals surface area contributed by atoms with Gasteiger partial charge in [0.15, 0.2) is 0 Å². The van der Waals surface area contributed by atoms with Gasteiger partial charge >= 0.3 is 0 Å². The normalized spacial score (nSPS) is 15.0. The van der Waals surface area contributed by atoms with Crippen molar-refractivity contribution < 1.29 is 0 Å². The van der Waals surface area contributed by atoms with Crippen molar-refractivity contribution >= 4 is 82.7 Å². The van der Waals surface area contributed by atoms with Gasteiger partial charge in [0.25, 0.3) is 0 Å². The fourth-order valence-corrected chi connectivity index (χ4v) is 15.2. The van der Waals surface area contributed by atoms with E-state index < -0.39 is 0 Å². The molecule has 86 heavy (non-hydrogen) atoms. The van der Waals surface area contributed by atoms with E-state index in [1.165, 1.54) is 132 Å². The molecule has 0 radical (unpaired) electrons. The molecule has 0 saturated heterocycles. The predicted octanol–water partition coefficient (Wildman–Crippen LogP) is 23.7. The Morgan fingerprint density at radius 1 is 0.384 bits per heavy atom. The summed E-state index contributed by atoms with van der Waals surface area (Å²) in [6.45, 7) is 16.8. The van der Waals surface area contributed by atoms with Crippen molar-refractivity contribution in [2.24, 2.45) is 0 Å². The van der Waals surface area contributed by atoms with Crippen LogP contribution in [0.2, 0.25) is 0 Å². The Kier molecular flexibility index (Phi) is 12.8. The van der Waals surface area contributed by atoms with E-state index in [0.29, 0.717) is 0 Å². The second-order valence-corrected chi connectivity index (χ2v) is 25.0. The fraction of sp³-hybridized carbons (Fsp3) is 0.143. The third-order valence-electron chi connectivity index (χ3n) is 19.4. The smallest absolute Gasteiger partial charge is 0.0468 e. The van der Waals surface area contributed by atoms with Crippen LogP contribution in [0, 0.1) is 0 Å². The largest absolute Gasteiger partial charge is 0.311 e. The quantitative estimate of drug-likeness (QED) is 0.119. The van der Waals surface area contributed by atoms with Crippen LogP contribution in [0.1, 0.15) is 95.5 Å². The highest BCUT2D eigenvalue weighted by molar-refractivity contribution is 6.20. The van der Waals surface area contributed by atoms with Crippen molar-refractivity contribution in [1.29, 1.82) is 0 Å². The van der Waals surface area contributed by atoms with E-state index in [1.807, 2.05) is 0 Å². The topological polar surface area (TPSA) is 6.48 Å². The number of hydrogen-bond acceptors (Lipinski definition) is 2. The molecule has 0 heterocycles. The van der Waals surface area contributed by atoms with Gasteiger partial charge in [0.2, 0.25) is 0 Å². The molecule has 0 aliphatic heterocycles. The molecule has 3 aliphatic carbocycles. The summed E-state index contributed by atoms with van der Waals surface area (Å²) in [7, 11) is 0. The second kappa shape index (κ2) is 20.8. The van der Waals surface area contributed by atoms with E-state index in [9.17, 15) is 0 Å². The minimum Gasteiger partial charge on any atom is -0.311 e. The third-order valence-corrected chi connectivity index (χ3v) is 19.4. The van der Waals surface area contributed by atoms with Crippen molar-refractivity contribution in [3.05, 3.63) is 306 Å². The molecule has 2 nitrogen and oxygen atoms in total. The van der Waals surface area contributed by atoms with Gasteiger partial charge < -0.3 is 9.80 Å². The first kappa shape index (κ1) is 53.0. The van der Waals surface area contributed by atoms with E-state index in [2.05, 4.69) is 319 Å². The first-order valence-electron chi connectivity index (χ1n) is 30.9. The van der Waals surface area contributed by atoms with E-state index in [4.69, 9.17) is 0 Å². The maximum absolute atomic E-state index is 2.51. The molecule has 2 heteroatoms. The maximum Gasteiger partial charge on any atom is 0.0468 e. The lowest BCUT2D eigenvalue weighted by Crippen LogP contribution is -2.18. The number of nitrogens with zero attached hydrogens (tertiary/aromatic N) is 2. The highest BCUT2D eigenvalue weighted by Crippen LogP contribution is 2.55. The fourth-order valence-electron chi connectivity index (χ4n) is 15.2. The molecular formula is C84H70N2. The zero-order valence-electron chi connectivity index (χ0n) is 50.3. The van der Waals surface area contributed by atoms with Crippen LogP contribution in [-0.4, -0.2) is 0 Å². The minimum atomic E-state index is -0.195. The zero-order valence-corrected chi connectivity index (χ0v) is 50.3. The number of fused-ring (bicyclic) bond motifs is 8. The molecule has 0 spiro atoms. The molecule has 12 aromatic carbocycles. The molecule has 12 aromatic rings. The summed E-state index contributed by atoms with van der Waals surface area (Å²) in [5.74, 6) is 0. The van der Waals surface area contributed by atoms with Crippen molar-refractivity contribution in [2.75, 3.05) is 9.80 Å². The Bertz CT molecular complexity index is 4870. The van der Waals surface area contributed by atoms with Gasteiger partial charge in [0.05, 0.1) is 0 Å². The summed E-state index contributed by atoms with van der Waals surface area (Å²) >= 11 is 0. The van der Waals surface area contributed by atoms with E-state index in [1.54, 1.807) is 0 Å². The van der Waals surface area contributed by atoms with Crippen molar-refractivity contribution in [3.63, 3.8) is 0 Å². The monoisotopic (exact) mass is 1110 g/mol. The molecule has 416 valence electrons. The molecular weight excluding hydrogens is 1040 g/mol. The van der Waals surface area contributed by atoms with Gasteiger partial charge in [0, 0.05) is 45.0 Å². The van der Waals surface area contributed by atoms with Crippen LogP contribution >= 0.6 is 0 Å². The highest BCUT2D eigenvalue weighted by Gasteiger charge is 2.39. The Labute approximate surface area is 507 Å². The highest BCUT2D eigenvalue weighted by atomic mass is 15.2. The SMILES string of the molecule is CCC1=C(/C(C)=C(\C)c2c3cc(N(c4ccccc4)c4ccc5ccccc5c4)ccc3c(-c3ccc(-c4ccc5c(c4)C(C)(C)c4ccccc4-5)cc3)c3cc(N(C4=CCCC=C4)c4ccc5ccccc5c4)ccc23)C(C)(C)c2ccccc21. The lowest BCUT2D eigenvalue weighted by atomic mass is 9.75. The molecule has 0 N–H and O–H groups in total. The number of para-hydroxylation sites is 1. The molecule has 0 bridgehead atoms. The summed E-state index contributed by atoms with van der Waals surface area (Å²) < 4.78 is 0. The summed E-state index contributed by atoms with van der Waals surface area (Å²) in [5, 5.41) is 9.76. The second-order valence-electron chi connectivity index (χ2n) is 25.0. The summed E-state index contributed by atoms with van der Waals surface area (Å²) in [6.07, 6.45) is 10.0. The molecule has 0 saturated carbocycles. The minimum absolute atomic E-state index is 0.0936. The predicted molar refractivity (Wildman–Crippen MR) is 370 cm³/mol. The molecule has 0 aromatic heterocycles. The molecule has 0 fully saturated rings. The number of hydrogen-bond donors (Lipinski definition) is 0. The van der Waals surface area contributed by atoms with Gasteiger partial charge in [-0.3, -0.25) is 0 Å². The van der Waals surface area contributed by atoms with Gasteiger partial charge in [-0.1, -0.05) is 223 Å². The van der Waals surface area contributed by atoms with Crippen LogP contribution in [-0.2, 0) is 10.8 Å². The zero-order chi connectivity index (χ0) is 58.4. The van der Waals surface area contributed by atoms with Crippen LogP contribution in [0.25, 0.3) is 87.6 Å². The molecule has 0 unspecified atom stereocenters. The number of benzene rings is 12. The Hall–Kier alpha value is -9.76. The summed E-state index contributed by atoms with van der Waals surface area (Å²) in [4.78, 5) is 4.93. The lowest BCUT2D eigenvalue weighted by Gasteiger charge is -2.30. The van der Waals surface area contributed by atoms with Crippen LogP contribution < -0.4 is 9.80 Å². The number of anilines is 5. The number of allylic oxidation sites excluding steroid dienone is 7. The van der Waals surface area contributed by atoms with Crippen LogP contribution in [0.3, 0.4) is 0 Å². The van der Waals surface area contributed by atoms with Gasteiger partial charge in [-0.25, -0.2) is 0 Å². The van der Waals surface area contributed by atoms with Crippen LogP contribution in [0.4, 0.5) is 28.4 Å². The average Bonchev–Trinajstić information content (AvgIpc) is 1.39. The first-order chi connectivity index (χ1) is 42.0. The standard InChI is InChI=1S/C84H70N2/c1-8-69-70-31-19-22-34-78(70)84(6,7)82(69)55(3)54(2)80-73-47-44-68(86(64-29-13-10-14-30-64)66-43-40-57-24-16-18-26-61(57)50-66)53-76(73)81(59-37-35-58(36-38-59)62-41-46-72-71-32-20-21-33-77(71)83(4,5)79(72)51-62)74-48-45-67(52-75(74)80)85(63-27-11-9-12-28-63)65-42-39-56-23-15-17-25-60(56)49-65/h9,11-13,15-53H,8,10,14H2,1-7H3/b55-54+. The Balaban J connectivity index is 1.01. The molecule has 0 amide bonds. The van der Waals surface area contributed by atoms with Gasteiger partial charge in [-0.05, 0) is 232 Å². The van der Waals surface area contributed by atoms with Crippen LogP contribution in [0.5, 0.6) is 0 Å². The van der Waals surface area contributed by atoms with E-state index in [-0.39, 0.29) is 10.8 Å². The van der Waals surface area contributed by atoms with E-state index >= 15 is 0 Å². The maximum atomic E-state index is 2.51. The van der Waals surface area contributed by atoms with Crippen molar-refractivity contribution in [2.45, 2.75) is 78.6 Å². The van der Waals surface area contributed by atoms with Gasteiger partial charge in [-0.2, -0.15) is 0 Å². The molecule has 3 aliphatic rings. The van der Waals surface area contributed by atoms with Crippen molar-refractivity contribution in [1.82, 2.24) is 0 Å². The first-order valence-corrected chi connectivity index (χ1v) is 30.9. The lowest BCUT2D eigenvalue weighted by molar-refractivity contribution is 0.645. The van der Waals surface area contributed by atoms with E-state index in [0.717, 1.165) is 47.7 Å². The number of rotatable bonds is 11. The van der Waals surface area contributed by atoms with Crippen molar-refractivity contribution in [3.8, 4) is 33.4 Å². The molecule has 0 atom stereocenters. The average molecular weight is 1110 g/mol. The Morgan fingerprint density at radius 3 is 1.59 bits per heavy atom. The Morgan fingerprint density at radius 2 is 0.919 bits per heavy atom. The van der Waals surface area contributed by atoms with Gasteiger partial charge in [-0.15, -0.1) is 0 Å². The van der Waals surface area contributed by atoms with Crippen LogP contribution in [0.15, 0.2) is 278 Å². The summed E-state index contributed by atoms with van der Waals surface area (Å²) in [5.41, 5.74) is 26.3.